The summed E-state index contributed by atoms with van der Waals surface area (Å²) in [6.07, 6.45) is 2.34. The van der Waals surface area contributed by atoms with E-state index in [0.717, 1.165) is 17.7 Å². The average molecular weight is 310 g/mol. The van der Waals surface area contributed by atoms with Crippen molar-refractivity contribution >= 4 is 11.6 Å². The predicted octanol–water partition coefficient (Wildman–Crippen LogP) is 4.66. The van der Waals surface area contributed by atoms with Gasteiger partial charge in [0.25, 0.3) is 0 Å². The van der Waals surface area contributed by atoms with Crippen LogP contribution in [-0.4, -0.2) is 6.04 Å². The van der Waals surface area contributed by atoms with Crippen LogP contribution in [0.4, 0.5) is 8.78 Å². The molecule has 21 heavy (non-hydrogen) atoms. The number of rotatable bonds is 5. The maximum absolute atomic E-state index is 13.2. The van der Waals surface area contributed by atoms with Gasteiger partial charge in [0.2, 0.25) is 0 Å². The van der Waals surface area contributed by atoms with Gasteiger partial charge in [0, 0.05) is 29.2 Å². The molecule has 1 aliphatic carbocycles. The molecular weight excluding hydrogens is 296 g/mol. The topological polar surface area (TPSA) is 21.3 Å². The molecule has 2 aromatic carbocycles. The van der Waals surface area contributed by atoms with Crippen LogP contribution >= 0.6 is 11.6 Å². The van der Waals surface area contributed by atoms with Crippen LogP contribution in [0.1, 0.15) is 18.4 Å². The van der Waals surface area contributed by atoms with Crippen molar-refractivity contribution in [3.63, 3.8) is 0 Å². The Hall–Kier alpha value is -1.65. The maximum Gasteiger partial charge on any atom is 0.162 e. The molecule has 0 amide bonds. The van der Waals surface area contributed by atoms with E-state index < -0.39 is 11.6 Å². The molecule has 1 fully saturated rings. The second kappa shape index (κ2) is 6.00. The molecule has 0 spiro atoms. The molecule has 0 unspecified atom stereocenters. The first kappa shape index (κ1) is 14.3. The molecule has 110 valence electrons. The van der Waals surface area contributed by atoms with Crippen LogP contribution in [0, 0.1) is 11.6 Å². The van der Waals surface area contributed by atoms with Gasteiger partial charge in [0.15, 0.2) is 11.6 Å². The number of nitrogens with one attached hydrogen (secondary N) is 1. The van der Waals surface area contributed by atoms with Crippen LogP contribution in [0.3, 0.4) is 0 Å². The second-order valence-corrected chi connectivity index (χ2v) is 5.46. The smallest absolute Gasteiger partial charge is 0.162 e. The van der Waals surface area contributed by atoms with Crippen molar-refractivity contribution in [2.75, 3.05) is 0 Å². The normalized spacial score (nSPS) is 14.2. The van der Waals surface area contributed by atoms with Crippen LogP contribution in [0.2, 0.25) is 5.02 Å². The maximum atomic E-state index is 13.2. The molecule has 5 heteroatoms. The van der Waals surface area contributed by atoms with E-state index in [1.807, 2.05) is 0 Å². The molecule has 0 bridgehead atoms. The highest BCUT2D eigenvalue weighted by atomic mass is 35.5. The number of hydrogen-bond donors (Lipinski definition) is 1. The molecule has 0 radical (unpaired) electrons. The van der Waals surface area contributed by atoms with Crippen LogP contribution in [0.5, 0.6) is 11.5 Å². The summed E-state index contributed by atoms with van der Waals surface area (Å²) in [5.41, 5.74) is 0.816. The van der Waals surface area contributed by atoms with E-state index in [2.05, 4.69) is 5.32 Å². The number of benzene rings is 2. The first-order valence-corrected chi connectivity index (χ1v) is 7.15. The number of halogens is 3. The minimum Gasteiger partial charge on any atom is -0.457 e. The van der Waals surface area contributed by atoms with E-state index in [0.29, 0.717) is 23.4 Å². The molecule has 0 aromatic heterocycles. The van der Waals surface area contributed by atoms with Gasteiger partial charge in [0.1, 0.15) is 11.5 Å². The van der Waals surface area contributed by atoms with Crippen molar-refractivity contribution in [1.29, 1.82) is 0 Å². The Morgan fingerprint density at radius 3 is 2.67 bits per heavy atom. The van der Waals surface area contributed by atoms with Crippen molar-refractivity contribution in [3.8, 4) is 11.5 Å². The molecule has 0 saturated heterocycles. The first-order valence-electron chi connectivity index (χ1n) is 6.77. The van der Waals surface area contributed by atoms with Crippen LogP contribution in [0.15, 0.2) is 36.4 Å². The molecule has 0 atom stereocenters. The third-order valence-electron chi connectivity index (χ3n) is 3.34. The van der Waals surface area contributed by atoms with Gasteiger partial charge in [-0.1, -0.05) is 17.7 Å². The molecule has 1 saturated carbocycles. The molecular formula is C16H14ClF2NO. The molecule has 3 rings (SSSR count). The molecule has 0 heterocycles. The third-order valence-corrected chi connectivity index (χ3v) is 3.69. The van der Waals surface area contributed by atoms with Gasteiger partial charge in [-0.25, -0.2) is 8.78 Å². The largest absolute Gasteiger partial charge is 0.457 e. The highest BCUT2D eigenvalue weighted by molar-refractivity contribution is 6.31. The zero-order valence-corrected chi connectivity index (χ0v) is 12.0. The zero-order chi connectivity index (χ0) is 14.8. The fourth-order valence-electron chi connectivity index (χ4n) is 2.01. The summed E-state index contributed by atoms with van der Waals surface area (Å²) in [5.74, 6) is -1.05. The van der Waals surface area contributed by atoms with Gasteiger partial charge in [-0.2, -0.15) is 0 Å². The zero-order valence-electron chi connectivity index (χ0n) is 11.2. The van der Waals surface area contributed by atoms with Crippen molar-refractivity contribution in [2.45, 2.75) is 25.4 Å². The van der Waals surface area contributed by atoms with Crippen LogP contribution in [0.25, 0.3) is 0 Å². The second-order valence-electron chi connectivity index (χ2n) is 5.05. The summed E-state index contributed by atoms with van der Waals surface area (Å²) in [5, 5.41) is 3.95. The van der Waals surface area contributed by atoms with E-state index in [9.17, 15) is 8.78 Å². The number of ether oxygens (including phenoxy) is 1. The van der Waals surface area contributed by atoms with Gasteiger partial charge in [-0.3, -0.25) is 0 Å². The quantitative estimate of drug-likeness (QED) is 0.867. The molecule has 2 aromatic rings. The Bertz CT molecular complexity index is 659. The molecule has 1 N–H and O–H groups in total. The van der Waals surface area contributed by atoms with Crippen molar-refractivity contribution in [3.05, 3.63) is 58.6 Å². The SMILES string of the molecule is Fc1ccc(Oc2cccc(Cl)c2CNC2CC2)cc1F. The standard InChI is InChI=1S/C16H14ClF2NO/c17-13-2-1-3-16(12(13)9-20-10-4-5-10)21-11-6-7-14(18)15(19)8-11/h1-3,6-8,10,20H,4-5,9H2. The monoisotopic (exact) mass is 309 g/mol. The van der Waals surface area contributed by atoms with E-state index in [1.165, 1.54) is 18.9 Å². The minimum atomic E-state index is -0.938. The Morgan fingerprint density at radius 1 is 1.14 bits per heavy atom. The third kappa shape index (κ3) is 3.52. The fraction of sp³-hybridized carbons (Fsp3) is 0.250. The predicted molar refractivity (Wildman–Crippen MR) is 77.7 cm³/mol. The van der Waals surface area contributed by atoms with Gasteiger partial charge in [0.05, 0.1) is 0 Å². The average Bonchev–Trinajstić information content (AvgIpc) is 3.26. The highest BCUT2D eigenvalue weighted by Gasteiger charge is 2.21. The lowest BCUT2D eigenvalue weighted by Gasteiger charge is -2.13. The summed E-state index contributed by atoms with van der Waals surface area (Å²) in [4.78, 5) is 0. The summed E-state index contributed by atoms with van der Waals surface area (Å²) in [6, 6.07) is 9.29. The Balaban J connectivity index is 1.82. The van der Waals surface area contributed by atoms with Crippen molar-refractivity contribution in [2.24, 2.45) is 0 Å². The lowest BCUT2D eigenvalue weighted by molar-refractivity contribution is 0.455. The molecule has 0 aliphatic heterocycles. The van der Waals surface area contributed by atoms with Gasteiger partial charge in [-0.05, 0) is 37.1 Å². The summed E-state index contributed by atoms with van der Waals surface area (Å²) in [6.45, 7) is 0.587. The van der Waals surface area contributed by atoms with Crippen molar-refractivity contribution in [1.82, 2.24) is 5.32 Å². The first-order chi connectivity index (χ1) is 10.1. The fourth-order valence-corrected chi connectivity index (χ4v) is 2.24. The lowest BCUT2D eigenvalue weighted by atomic mass is 10.2. The van der Waals surface area contributed by atoms with E-state index in [1.54, 1.807) is 18.2 Å². The Morgan fingerprint density at radius 2 is 1.95 bits per heavy atom. The molecule has 1 aliphatic rings. The lowest BCUT2D eigenvalue weighted by Crippen LogP contribution is -2.16. The van der Waals surface area contributed by atoms with E-state index in [-0.39, 0.29) is 5.75 Å². The highest BCUT2D eigenvalue weighted by Crippen LogP contribution is 2.32. The van der Waals surface area contributed by atoms with Crippen molar-refractivity contribution < 1.29 is 13.5 Å². The summed E-state index contributed by atoms with van der Waals surface area (Å²) in [7, 11) is 0. The minimum absolute atomic E-state index is 0.240. The summed E-state index contributed by atoms with van der Waals surface area (Å²) < 4.78 is 31.8. The molecule has 2 nitrogen and oxygen atoms in total. The van der Waals surface area contributed by atoms with Gasteiger partial charge in [-0.15, -0.1) is 0 Å². The Labute approximate surface area is 126 Å². The van der Waals surface area contributed by atoms with Crippen LogP contribution in [-0.2, 0) is 6.54 Å². The van der Waals surface area contributed by atoms with E-state index in [4.69, 9.17) is 16.3 Å². The van der Waals surface area contributed by atoms with E-state index >= 15 is 0 Å². The Kier molecular flexibility index (Phi) is 4.08. The van der Waals surface area contributed by atoms with Gasteiger partial charge < -0.3 is 10.1 Å². The van der Waals surface area contributed by atoms with Crippen LogP contribution < -0.4 is 10.1 Å². The van der Waals surface area contributed by atoms with Gasteiger partial charge >= 0.3 is 0 Å². The summed E-state index contributed by atoms with van der Waals surface area (Å²) >= 11 is 6.20. The number of hydrogen-bond acceptors (Lipinski definition) is 2.